The average molecular weight is 349 g/mol. The monoisotopic (exact) mass is 349 g/mol. The minimum Gasteiger partial charge on any atom is -0.367 e. The molecule has 0 saturated carbocycles. The summed E-state index contributed by atoms with van der Waals surface area (Å²) in [7, 11) is 0. The quantitative estimate of drug-likeness (QED) is 0.779. The highest BCUT2D eigenvalue weighted by atomic mass is 16.2. The second kappa shape index (κ2) is 8.45. The van der Waals surface area contributed by atoms with E-state index >= 15 is 0 Å². The van der Waals surface area contributed by atoms with Gasteiger partial charge in [-0.05, 0) is 36.6 Å². The van der Waals surface area contributed by atoms with E-state index in [0.717, 1.165) is 19.5 Å². The van der Waals surface area contributed by atoms with Crippen molar-refractivity contribution < 1.29 is 4.79 Å². The topological polar surface area (TPSA) is 81.0 Å². The van der Waals surface area contributed by atoms with Gasteiger partial charge in [-0.25, -0.2) is 4.98 Å². The number of anilines is 1. The number of pyridine rings is 1. The zero-order valence-corrected chi connectivity index (χ0v) is 14.9. The van der Waals surface area contributed by atoms with Gasteiger partial charge < -0.3 is 10.6 Å². The molecule has 0 fully saturated rings. The third-order valence-electron chi connectivity index (χ3n) is 4.73. The fraction of sp³-hybridized carbons (Fsp3) is 0.350. The zero-order chi connectivity index (χ0) is 18.4. The average Bonchev–Trinajstić information content (AvgIpc) is 2.70. The number of carbonyl (C=O) groups is 1. The summed E-state index contributed by atoms with van der Waals surface area (Å²) < 4.78 is 0. The molecule has 2 N–H and O–H groups in total. The van der Waals surface area contributed by atoms with Crippen LogP contribution in [0.1, 0.15) is 23.6 Å². The number of benzene rings is 1. The number of nitrogens with one attached hydrogen (secondary N) is 2. The van der Waals surface area contributed by atoms with E-state index in [0.29, 0.717) is 24.5 Å². The first kappa shape index (κ1) is 17.9. The first-order chi connectivity index (χ1) is 12.7. The molecule has 1 atom stereocenters. The van der Waals surface area contributed by atoms with E-state index in [-0.39, 0.29) is 11.9 Å². The minimum atomic E-state index is -0.173. The lowest BCUT2D eigenvalue weighted by molar-refractivity contribution is -0.126. The second-order valence-corrected chi connectivity index (χ2v) is 6.39. The Bertz CT molecular complexity index is 814. The molecule has 0 spiro atoms. The molecule has 26 heavy (non-hydrogen) atoms. The highest BCUT2D eigenvalue weighted by molar-refractivity contribution is 5.81. The third kappa shape index (κ3) is 4.19. The second-order valence-electron chi connectivity index (χ2n) is 6.39. The van der Waals surface area contributed by atoms with E-state index in [4.69, 9.17) is 5.26 Å². The SMILES string of the molecule is C[C@H](C(=O)NCCNc1ncccc1C#N)N1CCc2ccccc2C1. The molecule has 1 aromatic carbocycles. The summed E-state index contributed by atoms with van der Waals surface area (Å²) in [5.74, 6) is 0.567. The van der Waals surface area contributed by atoms with Crippen molar-refractivity contribution >= 4 is 11.7 Å². The van der Waals surface area contributed by atoms with E-state index in [1.165, 1.54) is 11.1 Å². The molecule has 6 heteroatoms. The van der Waals surface area contributed by atoms with E-state index in [9.17, 15) is 4.79 Å². The Balaban J connectivity index is 1.46. The van der Waals surface area contributed by atoms with Gasteiger partial charge in [-0.3, -0.25) is 9.69 Å². The van der Waals surface area contributed by atoms with Gasteiger partial charge in [0, 0.05) is 32.4 Å². The predicted molar refractivity (Wildman–Crippen MR) is 100 cm³/mol. The van der Waals surface area contributed by atoms with Gasteiger partial charge in [0.2, 0.25) is 5.91 Å². The normalized spacial score (nSPS) is 14.8. The number of hydrogen-bond donors (Lipinski definition) is 2. The number of carbonyl (C=O) groups excluding carboxylic acids is 1. The van der Waals surface area contributed by atoms with E-state index in [1.54, 1.807) is 18.3 Å². The molecule has 6 nitrogen and oxygen atoms in total. The van der Waals surface area contributed by atoms with Crippen molar-refractivity contribution in [3.05, 3.63) is 59.3 Å². The van der Waals surface area contributed by atoms with Gasteiger partial charge in [-0.1, -0.05) is 24.3 Å². The number of nitrogens with zero attached hydrogens (tertiary/aromatic N) is 3. The number of nitriles is 1. The number of fused-ring (bicyclic) bond motifs is 1. The van der Waals surface area contributed by atoms with E-state index < -0.39 is 0 Å². The molecule has 1 aliphatic heterocycles. The molecule has 3 rings (SSSR count). The Morgan fingerprint density at radius 2 is 2.08 bits per heavy atom. The molecular formula is C20H23N5O. The van der Waals surface area contributed by atoms with Crippen LogP contribution in [0.4, 0.5) is 5.82 Å². The van der Waals surface area contributed by atoms with Crippen LogP contribution in [-0.2, 0) is 17.8 Å². The smallest absolute Gasteiger partial charge is 0.237 e. The summed E-state index contributed by atoms with van der Waals surface area (Å²) in [6.07, 6.45) is 2.62. The third-order valence-corrected chi connectivity index (χ3v) is 4.73. The van der Waals surface area contributed by atoms with Crippen molar-refractivity contribution in [2.75, 3.05) is 25.0 Å². The fourth-order valence-corrected chi connectivity index (χ4v) is 3.16. The van der Waals surface area contributed by atoms with Crippen LogP contribution in [0.2, 0.25) is 0 Å². The van der Waals surface area contributed by atoms with Crippen LogP contribution in [0.3, 0.4) is 0 Å². The van der Waals surface area contributed by atoms with Crippen molar-refractivity contribution in [2.45, 2.75) is 25.9 Å². The lowest BCUT2D eigenvalue weighted by Crippen LogP contribution is -2.47. The molecule has 0 saturated heterocycles. The first-order valence-electron chi connectivity index (χ1n) is 8.86. The van der Waals surface area contributed by atoms with Crippen LogP contribution in [0, 0.1) is 11.3 Å². The standard InChI is InChI=1S/C20H23N5O/c1-15(25-12-8-16-5-2-3-6-18(16)14-25)20(26)24-11-10-23-19-17(13-21)7-4-9-22-19/h2-7,9,15H,8,10-12,14H2,1H3,(H,22,23)(H,24,26)/t15-/m1/s1. The minimum absolute atomic E-state index is 0.0210. The van der Waals surface area contributed by atoms with Gasteiger partial charge in [0.15, 0.2) is 0 Å². The Morgan fingerprint density at radius 1 is 1.27 bits per heavy atom. The van der Waals surface area contributed by atoms with Gasteiger partial charge in [0.1, 0.15) is 11.9 Å². The van der Waals surface area contributed by atoms with Crippen molar-refractivity contribution in [2.24, 2.45) is 0 Å². The molecular weight excluding hydrogens is 326 g/mol. The molecule has 2 heterocycles. The predicted octanol–water partition coefficient (Wildman–Crippen LogP) is 1.93. The van der Waals surface area contributed by atoms with Crippen molar-refractivity contribution in [1.29, 1.82) is 5.26 Å². The van der Waals surface area contributed by atoms with Crippen LogP contribution >= 0.6 is 0 Å². The Hall–Kier alpha value is -2.91. The summed E-state index contributed by atoms with van der Waals surface area (Å²) in [5.41, 5.74) is 3.18. The maximum absolute atomic E-state index is 12.4. The molecule has 0 bridgehead atoms. The highest BCUT2D eigenvalue weighted by Crippen LogP contribution is 2.20. The molecule has 1 aliphatic rings. The summed E-state index contributed by atoms with van der Waals surface area (Å²) >= 11 is 0. The number of amides is 1. The Morgan fingerprint density at radius 3 is 2.88 bits per heavy atom. The molecule has 0 radical (unpaired) electrons. The van der Waals surface area contributed by atoms with Crippen LogP contribution in [0.5, 0.6) is 0 Å². The largest absolute Gasteiger partial charge is 0.367 e. The molecule has 0 unspecified atom stereocenters. The Kier molecular flexibility index (Phi) is 5.82. The van der Waals surface area contributed by atoms with Crippen molar-refractivity contribution in [3.8, 4) is 6.07 Å². The maximum atomic E-state index is 12.4. The lowest BCUT2D eigenvalue weighted by Gasteiger charge is -2.32. The van der Waals surface area contributed by atoms with Crippen LogP contribution in [-0.4, -0.2) is 41.5 Å². The van der Waals surface area contributed by atoms with Crippen LogP contribution in [0.25, 0.3) is 0 Å². The van der Waals surface area contributed by atoms with E-state index in [1.807, 2.05) is 13.0 Å². The van der Waals surface area contributed by atoms with Crippen LogP contribution < -0.4 is 10.6 Å². The van der Waals surface area contributed by atoms with Gasteiger partial charge in [-0.2, -0.15) is 5.26 Å². The summed E-state index contributed by atoms with van der Waals surface area (Å²) in [5, 5.41) is 15.1. The number of rotatable bonds is 6. The molecule has 134 valence electrons. The lowest BCUT2D eigenvalue weighted by atomic mass is 9.99. The molecule has 1 amide bonds. The summed E-state index contributed by atoms with van der Waals surface area (Å²) in [6, 6.07) is 13.8. The first-order valence-corrected chi connectivity index (χ1v) is 8.86. The number of hydrogen-bond acceptors (Lipinski definition) is 5. The molecule has 2 aromatic rings. The van der Waals surface area contributed by atoms with Gasteiger partial charge in [0.25, 0.3) is 0 Å². The van der Waals surface area contributed by atoms with Crippen molar-refractivity contribution in [1.82, 2.24) is 15.2 Å². The Labute approximate surface area is 153 Å². The van der Waals surface area contributed by atoms with Gasteiger partial charge in [0.05, 0.1) is 11.6 Å². The van der Waals surface area contributed by atoms with Gasteiger partial charge >= 0.3 is 0 Å². The maximum Gasteiger partial charge on any atom is 0.237 e. The molecule has 1 aromatic heterocycles. The summed E-state index contributed by atoms with van der Waals surface area (Å²) in [6.45, 7) is 4.65. The number of aromatic nitrogens is 1. The fourth-order valence-electron chi connectivity index (χ4n) is 3.16. The van der Waals surface area contributed by atoms with Gasteiger partial charge in [-0.15, -0.1) is 0 Å². The van der Waals surface area contributed by atoms with Crippen LogP contribution in [0.15, 0.2) is 42.6 Å². The summed E-state index contributed by atoms with van der Waals surface area (Å²) in [4.78, 5) is 18.8. The van der Waals surface area contributed by atoms with E-state index in [2.05, 4.69) is 44.8 Å². The zero-order valence-electron chi connectivity index (χ0n) is 14.9. The van der Waals surface area contributed by atoms with Crippen molar-refractivity contribution in [3.63, 3.8) is 0 Å². The molecule has 0 aliphatic carbocycles. The highest BCUT2D eigenvalue weighted by Gasteiger charge is 2.24.